The van der Waals surface area contributed by atoms with Crippen LogP contribution < -0.4 is 15.5 Å². The number of ether oxygens (including phenoxy) is 1. The van der Waals surface area contributed by atoms with E-state index in [2.05, 4.69) is 20.6 Å². The Morgan fingerprint density at radius 2 is 2.12 bits per heavy atom. The first-order valence-electron chi connectivity index (χ1n) is 10.1. The summed E-state index contributed by atoms with van der Waals surface area (Å²) in [7, 11) is 1.64. The third kappa shape index (κ3) is 3.70. The fourth-order valence-electron chi connectivity index (χ4n) is 3.72. The van der Waals surface area contributed by atoms with Gasteiger partial charge in [0.15, 0.2) is 5.82 Å². The van der Waals surface area contributed by atoms with Gasteiger partial charge in [-0.25, -0.2) is 19.9 Å². The van der Waals surface area contributed by atoms with Crippen LogP contribution in [0.25, 0.3) is 21.1 Å². The smallest absolute Gasteiger partial charge is 0.263 e. The number of rotatable bonds is 5. The van der Waals surface area contributed by atoms with Crippen LogP contribution in [0.5, 0.6) is 0 Å². The van der Waals surface area contributed by atoms with Crippen molar-refractivity contribution in [2.75, 3.05) is 37.0 Å². The second-order valence-electron chi connectivity index (χ2n) is 7.42. The van der Waals surface area contributed by atoms with E-state index < -0.39 is 0 Å². The van der Waals surface area contributed by atoms with E-state index >= 15 is 0 Å². The van der Waals surface area contributed by atoms with Gasteiger partial charge in [-0.1, -0.05) is 0 Å². The summed E-state index contributed by atoms with van der Waals surface area (Å²) in [6.07, 6.45) is 3.30. The number of carbonyl (C=O) groups is 1. The Bertz CT molecular complexity index is 1330. The molecule has 9 nitrogen and oxygen atoms in total. The molecular formula is C21H20ClN7O2S. The molecular weight excluding hydrogens is 450 g/mol. The van der Waals surface area contributed by atoms with Gasteiger partial charge in [-0.3, -0.25) is 4.79 Å². The number of benzene rings is 1. The number of anilines is 3. The van der Waals surface area contributed by atoms with E-state index in [1.165, 1.54) is 11.3 Å². The molecule has 0 bridgehead atoms. The molecule has 0 saturated carbocycles. The van der Waals surface area contributed by atoms with E-state index in [4.69, 9.17) is 26.3 Å². The number of methoxy groups -OCH3 is 1. The zero-order valence-electron chi connectivity index (χ0n) is 17.4. The van der Waals surface area contributed by atoms with Crippen molar-refractivity contribution in [3.8, 4) is 0 Å². The maximum atomic E-state index is 12.6. The Morgan fingerprint density at radius 1 is 1.25 bits per heavy atom. The molecule has 4 aromatic rings. The number of fused-ring (bicyclic) bond motifs is 5. The minimum absolute atomic E-state index is 0.0406. The number of thiophene rings is 1. The van der Waals surface area contributed by atoms with Gasteiger partial charge in [0.25, 0.3) is 5.91 Å². The Morgan fingerprint density at radius 3 is 2.94 bits per heavy atom. The standard InChI is InChI=1S/C21H20ClN7O2S/c1-11-9-24-18-16-13(32-19(18)20(30)26-11)4-3-12-17(16)25-10-15(27-12)29(7-8-31-2)14-5-6-23-21(22)28-14/h3-6,10-11,24H,7-9H2,1-2H3,(H,26,30)/t11-/m1/s1. The third-order valence-corrected chi connectivity index (χ3v) is 6.54. The molecule has 0 saturated heterocycles. The number of hydrogen-bond acceptors (Lipinski definition) is 9. The van der Waals surface area contributed by atoms with E-state index in [9.17, 15) is 4.79 Å². The minimum atomic E-state index is -0.0668. The highest BCUT2D eigenvalue weighted by molar-refractivity contribution is 7.21. The van der Waals surface area contributed by atoms with Gasteiger partial charge in [0.2, 0.25) is 5.28 Å². The van der Waals surface area contributed by atoms with Gasteiger partial charge >= 0.3 is 0 Å². The summed E-state index contributed by atoms with van der Waals surface area (Å²) in [5, 5.41) is 7.49. The number of halogens is 1. The van der Waals surface area contributed by atoms with Gasteiger partial charge in [0.05, 0.1) is 29.5 Å². The second kappa shape index (κ2) is 8.45. The fourth-order valence-corrected chi connectivity index (χ4v) is 4.95. The van der Waals surface area contributed by atoms with Gasteiger partial charge < -0.3 is 20.3 Å². The molecule has 2 N–H and O–H groups in total. The molecule has 164 valence electrons. The summed E-state index contributed by atoms with van der Waals surface area (Å²) >= 11 is 7.46. The first kappa shape index (κ1) is 20.8. The van der Waals surface area contributed by atoms with Gasteiger partial charge in [-0.2, -0.15) is 0 Å². The topological polar surface area (TPSA) is 105 Å². The summed E-state index contributed by atoms with van der Waals surface area (Å²) in [4.78, 5) is 33.1. The van der Waals surface area contributed by atoms with E-state index in [1.54, 1.807) is 25.6 Å². The lowest BCUT2D eigenvalue weighted by Gasteiger charge is -2.22. The Labute approximate surface area is 192 Å². The van der Waals surface area contributed by atoms with Crippen molar-refractivity contribution >= 4 is 67.3 Å². The van der Waals surface area contributed by atoms with Crippen LogP contribution in [0.4, 0.5) is 17.3 Å². The van der Waals surface area contributed by atoms with Crippen molar-refractivity contribution in [1.29, 1.82) is 0 Å². The molecule has 0 fully saturated rings. The lowest BCUT2D eigenvalue weighted by molar-refractivity contribution is 0.0949. The van der Waals surface area contributed by atoms with E-state index in [0.29, 0.717) is 36.2 Å². The van der Waals surface area contributed by atoms with Crippen molar-refractivity contribution < 1.29 is 9.53 Å². The molecule has 0 aliphatic carbocycles. The molecule has 4 heterocycles. The molecule has 1 aliphatic heterocycles. The van der Waals surface area contributed by atoms with Crippen molar-refractivity contribution in [2.24, 2.45) is 0 Å². The van der Waals surface area contributed by atoms with Crippen molar-refractivity contribution in [2.45, 2.75) is 13.0 Å². The highest BCUT2D eigenvalue weighted by Crippen LogP contribution is 2.40. The summed E-state index contributed by atoms with van der Waals surface area (Å²) in [6, 6.07) is 5.71. The average Bonchev–Trinajstić information content (AvgIpc) is 3.10. The van der Waals surface area contributed by atoms with Gasteiger partial charge in [0, 0.05) is 42.5 Å². The maximum Gasteiger partial charge on any atom is 0.263 e. The summed E-state index contributed by atoms with van der Waals surface area (Å²) in [6.45, 7) is 3.60. The van der Waals surface area contributed by atoms with Crippen LogP contribution in [0.1, 0.15) is 16.6 Å². The zero-order chi connectivity index (χ0) is 22.2. The second-order valence-corrected chi connectivity index (χ2v) is 8.81. The summed E-state index contributed by atoms with van der Waals surface area (Å²) in [5.74, 6) is 1.15. The minimum Gasteiger partial charge on any atom is -0.383 e. The molecule has 1 aliphatic rings. The quantitative estimate of drug-likeness (QED) is 0.427. The molecule has 1 aromatic carbocycles. The summed E-state index contributed by atoms with van der Waals surface area (Å²) in [5.41, 5.74) is 2.28. The van der Waals surface area contributed by atoms with Gasteiger partial charge in [-0.05, 0) is 36.7 Å². The fraction of sp³-hybridized carbons (Fsp3) is 0.286. The van der Waals surface area contributed by atoms with Gasteiger partial charge in [0.1, 0.15) is 10.7 Å². The number of hydrogen-bond donors (Lipinski definition) is 2. The third-order valence-electron chi connectivity index (χ3n) is 5.20. The van der Waals surface area contributed by atoms with Crippen molar-refractivity contribution in [1.82, 2.24) is 25.3 Å². The molecule has 3 aromatic heterocycles. The largest absolute Gasteiger partial charge is 0.383 e. The van der Waals surface area contributed by atoms with Crippen LogP contribution in [-0.4, -0.2) is 58.7 Å². The maximum absolute atomic E-state index is 12.6. The van der Waals surface area contributed by atoms with E-state index in [0.717, 1.165) is 26.8 Å². The predicted octanol–water partition coefficient (Wildman–Crippen LogP) is 3.62. The normalized spacial score (nSPS) is 15.8. The molecule has 0 radical (unpaired) electrons. The lowest BCUT2D eigenvalue weighted by atomic mass is 10.1. The van der Waals surface area contributed by atoms with Crippen LogP contribution in [0.3, 0.4) is 0 Å². The Hall–Kier alpha value is -3.08. The Balaban J connectivity index is 1.63. The SMILES string of the molecule is COCCN(c1ccnc(Cl)n1)c1cnc2c(ccc3sc4c(c32)NC[C@@H](C)NC4=O)n1. The van der Waals surface area contributed by atoms with Crippen LogP contribution in [0.2, 0.25) is 5.28 Å². The first-order chi connectivity index (χ1) is 15.5. The lowest BCUT2D eigenvalue weighted by Crippen LogP contribution is -2.34. The van der Waals surface area contributed by atoms with Crippen LogP contribution >= 0.6 is 22.9 Å². The number of amides is 1. The van der Waals surface area contributed by atoms with Crippen LogP contribution in [-0.2, 0) is 4.74 Å². The first-order valence-corrected chi connectivity index (χ1v) is 11.3. The molecule has 11 heteroatoms. The molecule has 5 rings (SSSR count). The number of aromatic nitrogens is 4. The monoisotopic (exact) mass is 469 g/mol. The number of carbonyl (C=O) groups excluding carboxylic acids is 1. The molecule has 1 atom stereocenters. The van der Waals surface area contributed by atoms with Crippen LogP contribution in [0.15, 0.2) is 30.6 Å². The molecule has 0 spiro atoms. The molecule has 32 heavy (non-hydrogen) atoms. The number of nitrogens with one attached hydrogen (secondary N) is 2. The summed E-state index contributed by atoms with van der Waals surface area (Å²) < 4.78 is 6.25. The van der Waals surface area contributed by atoms with E-state index in [-0.39, 0.29) is 17.2 Å². The molecule has 1 amide bonds. The van der Waals surface area contributed by atoms with Gasteiger partial charge in [-0.15, -0.1) is 11.3 Å². The predicted molar refractivity (Wildman–Crippen MR) is 126 cm³/mol. The average molecular weight is 470 g/mol. The zero-order valence-corrected chi connectivity index (χ0v) is 19.0. The number of nitrogens with zero attached hydrogens (tertiary/aromatic N) is 5. The van der Waals surface area contributed by atoms with Crippen LogP contribution in [0, 0.1) is 0 Å². The molecule has 0 unspecified atom stereocenters. The Kier molecular flexibility index (Phi) is 5.50. The highest BCUT2D eigenvalue weighted by atomic mass is 35.5. The van der Waals surface area contributed by atoms with E-state index in [1.807, 2.05) is 24.0 Å². The highest BCUT2D eigenvalue weighted by Gasteiger charge is 2.25. The van der Waals surface area contributed by atoms with Crippen molar-refractivity contribution in [3.63, 3.8) is 0 Å². The van der Waals surface area contributed by atoms with Crippen molar-refractivity contribution in [3.05, 3.63) is 40.8 Å².